The number of rotatable bonds is 11. The number of aryl methyl sites for hydroxylation is 1. The van der Waals surface area contributed by atoms with Gasteiger partial charge in [-0.05, 0) is 43.0 Å². The number of carbonyl (C=O) groups is 2. The van der Waals surface area contributed by atoms with E-state index in [1.807, 2.05) is 39.0 Å². The minimum absolute atomic E-state index is 0.184. The average Bonchev–Trinajstić information content (AvgIpc) is 2.77. The van der Waals surface area contributed by atoms with Crippen LogP contribution in [-0.2, 0) is 9.59 Å². The second kappa shape index (κ2) is 12.3. The van der Waals surface area contributed by atoms with Crippen molar-refractivity contribution in [2.24, 2.45) is 11.0 Å². The number of carbonyl (C=O) groups excluding carboxylic acids is 2. The summed E-state index contributed by atoms with van der Waals surface area (Å²) in [4.78, 5) is 25.1. The molecule has 0 aliphatic rings. The molecule has 0 saturated carbocycles. The number of hydrazone groups is 1. The van der Waals surface area contributed by atoms with E-state index in [2.05, 4.69) is 15.8 Å². The lowest BCUT2D eigenvalue weighted by atomic mass is 10.0. The summed E-state index contributed by atoms with van der Waals surface area (Å²) in [5.74, 6) is 1.08. The minimum atomic E-state index is -0.743. The fraction of sp³-hybridized carbons (Fsp3) is 0.375. The van der Waals surface area contributed by atoms with E-state index in [1.165, 1.54) is 13.3 Å². The van der Waals surface area contributed by atoms with Crippen LogP contribution in [0, 0.1) is 12.8 Å². The molecule has 32 heavy (non-hydrogen) atoms. The van der Waals surface area contributed by atoms with Crippen molar-refractivity contribution >= 4 is 18.0 Å². The van der Waals surface area contributed by atoms with Crippen molar-refractivity contribution in [2.75, 3.05) is 20.8 Å². The van der Waals surface area contributed by atoms with Crippen molar-refractivity contribution < 1.29 is 23.8 Å². The number of methoxy groups -OCH3 is 2. The predicted molar refractivity (Wildman–Crippen MR) is 123 cm³/mol. The molecule has 2 aromatic rings. The normalized spacial score (nSPS) is 11.8. The third-order valence-electron chi connectivity index (χ3n) is 4.62. The van der Waals surface area contributed by atoms with Gasteiger partial charge < -0.3 is 19.5 Å². The Morgan fingerprint density at radius 3 is 2.41 bits per heavy atom. The van der Waals surface area contributed by atoms with Gasteiger partial charge in [-0.25, -0.2) is 5.43 Å². The fourth-order valence-corrected chi connectivity index (χ4v) is 3.06. The van der Waals surface area contributed by atoms with Crippen LogP contribution < -0.4 is 25.0 Å². The highest BCUT2D eigenvalue weighted by Gasteiger charge is 2.22. The number of benzene rings is 2. The second-order valence-electron chi connectivity index (χ2n) is 7.62. The first-order valence-corrected chi connectivity index (χ1v) is 10.4. The Morgan fingerprint density at radius 1 is 1.03 bits per heavy atom. The zero-order valence-corrected chi connectivity index (χ0v) is 19.2. The van der Waals surface area contributed by atoms with Crippen LogP contribution in [0.25, 0.3) is 0 Å². The van der Waals surface area contributed by atoms with Gasteiger partial charge in [0.1, 0.15) is 11.8 Å². The van der Waals surface area contributed by atoms with Crippen molar-refractivity contribution in [2.45, 2.75) is 33.2 Å². The summed E-state index contributed by atoms with van der Waals surface area (Å²) in [6, 6.07) is 12.0. The zero-order chi connectivity index (χ0) is 23.5. The molecule has 172 valence electrons. The maximum Gasteiger partial charge on any atom is 0.262 e. The Hall–Kier alpha value is -3.55. The van der Waals surface area contributed by atoms with Crippen LogP contribution in [0.2, 0.25) is 0 Å². The van der Waals surface area contributed by atoms with Crippen LogP contribution in [-0.4, -0.2) is 44.9 Å². The lowest BCUT2D eigenvalue weighted by Gasteiger charge is -2.19. The topological polar surface area (TPSA) is 98.2 Å². The zero-order valence-electron chi connectivity index (χ0n) is 19.2. The van der Waals surface area contributed by atoms with E-state index in [9.17, 15) is 9.59 Å². The monoisotopic (exact) mass is 441 g/mol. The second-order valence-corrected chi connectivity index (χ2v) is 7.62. The van der Waals surface area contributed by atoms with Crippen LogP contribution in [0.1, 0.15) is 31.4 Å². The number of nitrogens with zero attached hydrogens (tertiary/aromatic N) is 1. The van der Waals surface area contributed by atoms with E-state index in [0.717, 1.165) is 5.56 Å². The molecule has 8 nitrogen and oxygen atoms in total. The summed E-state index contributed by atoms with van der Waals surface area (Å²) in [5, 5.41) is 6.76. The highest BCUT2D eigenvalue weighted by atomic mass is 16.5. The maximum absolute atomic E-state index is 12.7. The van der Waals surface area contributed by atoms with Crippen LogP contribution in [0.15, 0.2) is 47.6 Å². The summed E-state index contributed by atoms with van der Waals surface area (Å²) in [6.07, 6.45) is 1.93. The van der Waals surface area contributed by atoms with Gasteiger partial charge in [0.25, 0.3) is 11.8 Å². The average molecular weight is 442 g/mol. The van der Waals surface area contributed by atoms with Gasteiger partial charge in [0.15, 0.2) is 18.1 Å². The quantitative estimate of drug-likeness (QED) is 0.413. The third kappa shape index (κ3) is 7.30. The summed E-state index contributed by atoms with van der Waals surface area (Å²) in [6.45, 7) is 5.66. The molecule has 0 fully saturated rings. The molecule has 0 aliphatic carbocycles. The summed E-state index contributed by atoms with van der Waals surface area (Å²) in [7, 11) is 3.07. The molecule has 2 rings (SSSR count). The van der Waals surface area contributed by atoms with Gasteiger partial charge in [-0.3, -0.25) is 9.59 Å². The molecular formula is C24H31N3O5. The molecule has 1 atom stereocenters. The van der Waals surface area contributed by atoms with E-state index in [1.54, 1.807) is 31.4 Å². The van der Waals surface area contributed by atoms with Crippen LogP contribution in [0.3, 0.4) is 0 Å². The van der Waals surface area contributed by atoms with E-state index in [4.69, 9.17) is 14.2 Å². The van der Waals surface area contributed by atoms with Crippen LogP contribution in [0.4, 0.5) is 0 Å². The Balaban J connectivity index is 1.99. The number of ether oxygens (including phenoxy) is 3. The van der Waals surface area contributed by atoms with Crippen molar-refractivity contribution in [1.82, 2.24) is 10.7 Å². The van der Waals surface area contributed by atoms with Crippen molar-refractivity contribution in [1.29, 1.82) is 0 Å². The number of amides is 2. The van der Waals surface area contributed by atoms with Gasteiger partial charge in [0, 0.05) is 5.56 Å². The molecule has 2 N–H and O–H groups in total. The molecule has 2 amide bonds. The van der Waals surface area contributed by atoms with Gasteiger partial charge in [0.05, 0.1) is 20.4 Å². The van der Waals surface area contributed by atoms with Crippen molar-refractivity contribution in [3.63, 3.8) is 0 Å². The first kappa shape index (κ1) is 24.7. The van der Waals surface area contributed by atoms with Crippen LogP contribution in [0.5, 0.6) is 17.2 Å². The number of para-hydroxylation sites is 2. The molecule has 0 bridgehead atoms. The van der Waals surface area contributed by atoms with E-state index in [-0.39, 0.29) is 18.4 Å². The van der Waals surface area contributed by atoms with Gasteiger partial charge in [0.2, 0.25) is 0 Å². The largest absolute Gasteiger partial charge is 0.493 e. The smallest absolute Gasteiger partial charge is 0.262 e. The Morgan fingerprint density at radius 2 is 1.75 bits per heavy atom. The highest BCUT2D eigenvalue weighted by molar-refractivity contribution is 5.90. The summed E-state index contributed by atoms with van der Waals surface area (Å²) >= 11 is 0. The van der Waals surface area contributed by atoms with Gasteiger partial charge in [-0.1, -0.05) is 38.1 Å². The molecule has 2 aromatic carbocycles. The predicted octanol–water partition coefficient (Wildman–Crippen LogP) is 3.07. The lowest BCUT2D eigenvalue weighted by Crippen LogP contribution is -2.47. The number of hydrogen-bond acceptors (Lipinski definition) is 6. The Bertz CT molecular complexity index is 943. The lowest BCUT2D eigenvalue weighted by molar-refractivity contribution is -0.130. The first-order valence-electron chi connectivity index (χ1n) is 10.4. The standard InChI is InChI=1S/C24H31N3O5/c1-16(2)13-19(26-22(28)15-32-20-11-7-6-9-17(20)3)24(29)27-25-14-18-10-8-12-21(30-4)23(18)31-5/h6-12,14,16,19H,13,15H2,1-5H3,(H,26,28)(H,27,29)/b25-14-/t19-/m0/s1. The first-order chi connectivity index (χ1) is 15.3. The third-order valence-corrected chi connectivity index (χ3v) is 4.62. The summed E-state index contributed by atoms with van der Waals surface area (Å²) in [5.41, 5.74) is 4.06. The SMILES string of the molecule is COc1cccc(/C=N\NC(=O)[C@H](CC(C)C)NC(=O)COc2ccccc2C)c1OC. The van der Waals surface area contributed by atoms with Gasteiger partial charge in [-0.15, -0.1) is 0 Å². The Kier molecular flexibility index (Phi) is 9.53. The molecule has 0 unspecified atom stereocenters. The molecule has 0 heterocycles. The Labute approximate surface area is 188 Å². The van der Waals surface area contributed by atoms with Crippen molar-refractivity contribution in [3.05, 3.63) is 53.6 Å². The van der Waals surface area contributed by atoms with Crippen LogP contribution >= 0.6 is 0 Å². The van der Waals surface area contributed by atoms with E-state index in [0.29, 0.717) is 29.2 Å². The molecule has 0 radical (unpaired) electrons. The molecule has 8 heteroatoms. The molecule has 0 aromatic heterocycles. The molecule has 0 spiro atoms. The molecular weight excluding hydrogens is 410 g/mol. The number of hydrogen-bond donors (Lipinski definition) is 2. The highest BCUT2D eigenvalue weighted by Crippen LogP contribution is 2.29. The number of nitrogens with one attached hydrogen (secondary N) is 2. The minimum Gasteiger partial charge on any atom is -0.493 e. The molecule has 0 saturated heterocycles. The molecule has 0 aliphatic heterocycles. The fourth-order valence-electron chi connectivity index (χ4n) is 3.06. The van der Waals surface area contributed by atoms with Crippen molar-refractivity contribution in [3.8, 4) is 17.2 Å². The van der Waals surface area contributed by atoms with E-state index < -0.39 is 11.9 Å². The van der Waals surface area contributed by atoms with Gasteiger partial charge in [-0.2, -0.15) is 5.10 Å². The van der Waals surface area contributed by atoms with E-state index >= 15 is 0 Å². The van der Waals surface area contributed by atoms with Gasteiger partial charge >= 0.3 is 0 Å². The summed E-state index contributed by atoms with van der Waals surface area (Å²) < 4.78 is 16.2. The maximum atomic E-state index is 12.7.